The molecule has 4 heteroatoms. The van der Waals surface area contributed by atoms with Crippen molar-refractivity contribution in [2.24, 2.45) is 5.92 Å². The lowest BCUT2D eigenvalue weighted by atomic mass is 9.92. The zero-order valence-corrected chi connectivity index (χ0v) is 13.6. The fourth-order valence-corrected chi connectivity index (χ4v) is 3.16. The summed E-state index contributed by atoms with van der Waals surface area (Å²) in [6, 6.07) is 9.95. The van der Waals surface area contributed by atoms with Crippen LogP contribution in [0.3, 0.4) is 0 Å². The van der Waals surface area contributed by atoms with E-state index in [1.165, 1.54) is 18.4 Å². The molecule has 1 aliphatic rings. The Bertz CT molecular complexity index is 613. The molecule has 0 spiro atoms. The summed E-state index contributed by atoms with van der Waals surface area (Å²) in [5.41, 5.74) is 3.05. The van der Waals surface area contributed by atoms with E-state index in [1.54, 1.807) is 17.4 Å². The number of hydrogen-bond acceptors (Lipinski definition) is 3. The van der Waals surface area contributed by atoms with E-state index in [0.717, 1.165) is 30.6 Å². The van der Waals surface area contributed by atoms with Crippen LogP contribution >= 0.6 is 0 Å². The van der Waals surface area contributed by atoms with Crippen molar-refractivity contribution in [3.05, 3.63) is 59.5 Å². The summed E-state index contributed by atoms with van der Waals surface area (Å²) in [5.74, 6) is 0.756. The molecule has 1 aromatic carbocycles. The van der Waals surface area contributed by atoms with Gasteiger partial charge in [0.2, 0.25) is 0 Å². The van der Waals surface area contributed by atoms with Gasteiger partial charge in [-0.2, -0.15) is 0 Å². The molecule has 1 atom stereocenters. The first-order valence-electron chi connectivity index (χ1n) is 8.28. The van der Waals surface area contributed by atoms with E-state index in [1.807, 2.05) is 25.2 Å². The lowest BCUT2D eigenvalue weighted by molar-refractivity contribution is 0.0785. The molecule has 1 saturated heterocycles. The Morgan fingerprint density at radius 1 is 1.26 bits per heavy atom. The number of amides is 1. The molecule has 2 heterocycles. The molecule has 0 saturated carbocycles. The molecule has 4 nitrogen and oxygen atoms in total. The molecule has 0 bridgehead atoms. The minimum atomic E-state index is 0.0390. The van der Waals surface area contributed by atoms with Crippen molar-refractivity contribution in [2.75, 3.05) is 20.1 Å². The predicted molar refractivity (Wildman–Crippen MR) is 90.2 cm³/mol. The molecule has 1 fully saturated rings. The Labute approximate surface area is 137 Å². The summed E-state index contributed by atoms with van der Waals surface area (Å²) in [4.78, 5) is 14.2. The number of hydrogen-bond donors (Lipinski definition) is 1. The second-order valence-electron chi connectivity index (χ2n) is 6.41. The molecule has 1 amide bonds. The largest absolute Gasteiger partial charge is 0.472 e. The first-order chi connectivity index (χ1) is 11.2. The van der Waals surface area contributed by atoms with Crippen molar-refractivity contribution in [3.63, 3.8) is 0 Å². The smallest absolute Gasteiger partial charge is 0.253 e. The quantitative estimate of drug-likeness (QED) is 0.923. The average Bonchev–Trinajstić information content (AvgIpc) is 3.09. The maximum Gasteiger partial charge on any atom is 0.253 e. The molecular formula is C19H24N2O2. The van der Waals surface area contributed by atoms with Crippen molar-refractivity contribution in [1.82, 2.24) is 10.2 Å². The number of nitrogens with zero attached hydrogens (tertiary/aromatic N) is 1. The van der Waals surface area contributed by atoms with E-state index < -0.39 is 0 Å². The average molecular weight is 312 g/mol. The number of furan rings is 1. The molecule has 2 aromatic rings. The van der Waals surface area contributed by atoms with Gasteiger partial charge in [0.25, 0.3) is 5.91 Å². The van der Waals surface area contributed by atoms with Gasteiger partial charge < -0.3 is 14.6 Å². The van der Waals surface area contributed by atoms with Crippen molar-refractivity contribution < 1.29 is 9.21 Å². The summed E-state index contributed by atoms with van der Waals surface area (Å²) in [5, 5.41) is 3.45. The number of carbonyl (C=O) groups excluding carboxylic acids is 1. The van der Waals surface area contributed by atoms with Gasteiger partial charge in [-0.3, -0.25) is 4.79 Å². The Balaban J connectivity index is 1.58. The van der Waals surface area contributed by atoms with E-state index in [9.17, 15) is 4.79 Å². The lowest BCUT2D eigenvalue weighted by Crippen LogP contribution is -2.30. The molecule has 1 N–H and O–H groups in total. The summed E-state index contributed by atoms with van der Waals surface area (Å²) in [6.45, 7) is 2.81. The van der Waals surface area contributed by atoms with Gasteiger partial charge in [-0.25, -0.2) is 0 Å². The number of benzene rings is 1. The highest BCUT2D eigenvalue weighted by Crippen LogP contribution is 2.17. The van der Waals surface area contributed by atoms with Gasteiger partial charge in [0.15, 0.2) is 0 Å². The van der Waals surface area contributed by atoms with Crippen LogP contribution in [0, 0.1) is 5.92 Å². The van der Waals surface area contributed by atoms with Crippen molar-refractivity contribution in [1.29, 1.82) is 0 Å². The molecule has 122 valence electrons. The molecular weight excluding hydrogens is 288 g/mol. The molecule has 0 unspecified atom stereocenters. The fourth-order valence-electron chi connectivity index (χ4n) is 3.16. The number of nitrogens with one attached hydrogen (secondary N) is 1. The Kier molecular flexibility index (Phi) is 5.13. The van der Waals surface area contributed by atoms with Crippen LogP contribution < -0.4 is 5.32 Å². The first kappa shape index (κ1) is 15.8. The van der Waals surface area contributed by atoms with E-state index in [2.05, 4.69) is 17.4 Å². The van der Waals surface area contributed by atoms with E-state index in [4.69, 9.17) is 4.42 Å². The molecule has 23 heavy (non-hydrogen) atoms. The van der Waals surface area contributed by atoms with Crippen LogP contribution in [0.4, 0.5) is 0 Å². The third-order valence-corrected chi connectivity index (χ3v) is 4.47. The van der Waals surface area contributed by atoms with Crippen molar-refractivity contribution in [2.45, 2.75) is 25.8 Å². The lowest BCUT2D eigenvalue weighted by Gasteiger charge is -2.22. The number of piperidine rings is 1. The van der Waals surface area contributed by atoms with E-state index in [-0.39, 0.29) is 5.91 Å². The summed E-state index contributed by atoms with van der Waals surface area (Å²) >= 11 is 0. The highest BCUT2D eigenvalue weighted by atomic mass is 16.3. The van der Waals surface area contributed by atoms with Gasteiger partial charge in [-0.15, -0.1) is 0 Å². The first-order valence-corrected chi connectivity index (χ1v) is 8.28. The zero-order valence-electron chi connectivity index (χ0n) is 13.6. The standard InChI is InChI=1S/C19H24N2O2/c1-21(13-17-8-10-23-14-17)19(22)18-6-4-15(5-7-18)11-16-3-2-9-20-12-16/h4-8,10,14,16,20H,2-3,9,11-13H2,1H3/t16-/m1/s1. The minimum absolute atomic E-state index is 0.0390. The summed E-state index contributed by atoms with van der Waals surface area (Å²) in [7, 11) is 1.82. The van der Waals surface area contributed by atoms with Crippen LogP contribution in [0.1, 0.15) is 34.3 Å². The van der Waals surface area contributed by atoms with Gasteiger partial charge >= 0.3 is 0 Å². The minimum Gasteiger partial charge on any atom is -0.472 e. The molecule has 3 rings (SSSR count). The van der Waals surface area contributed by atoms with Crippen molar-refractivity contribution in [3.8, 4) is 0 Å². The van der Waals surface area contributed by atoms with Gasteiger partial charge in [0.05, 0.1) is 12.5 Å². The monoisotopic (exact) mass is 312 g/mol. The molecule has 0 radical (unpaired) electrons. The Hall–Kier alpha value is -2.07. The second-order valence-corrected chi connectivity index (χ2v) is 6.41. The maximum absolute atomic E-state index is 12.5. The predicted octanol–water partition coefficient (Wildman–Crippen LogP) is 3.09. The topological polar surface area (TPSA) is 45.5 Å². The molecule has 1 aliphatic heterocycles. The number of rotatable bonds is 5. The highest BCUT2D eigenvalue weighted by molar-refractivity contribution is 5.94. The third-order valence-electron chi connectivity index (χ3n) is 4.47. The van der Waals surface area contributed by atoms with Crippen LogP contribution in [-0.4, -0.2) is 30.9 Å². The SMILES string of the molecule is CN(Cc1ccoc1)C(=O)c1ccc(C[C@H]2CCCNC2)cc1. The number of carbonyl (C=O) groups is 1. The fraction of sp³-hybridized carbons (Fsp3) is 0.421. The highest BCUT2D eigenvalue weighted by Gasteiger charge is 2.15. The molecule has 0 aliphatic carbocycles. The van der Waals surface area contributed by atoms with Gasteiger partial charge in [0, 0.05) is 24.7 Å². The normalized spacial score (nSPS) is 17.9. The van der Waals surface area contributed by atoms with Crippen LogP contribution in [0.25, 0.3) is 0 Å². The van der Waals surface area contributed by atoms with Gasteiger partial charge in [-0.1, -0.05) is 12.1 Å². The van der Waals surface area contributed by atoms with Crippen LogP contribution in [0.2, 0.25) is 0 Å². The Morgan fingerprint density at radius 3 is 2.74 bits per heavy atom. The van der Waals surface area contributed by atoms with Crippen LogP contribution in [-0.2, 0) is 13.0 Å². The zero-order chi connectivity index (χ0) is 16.1. The third kappa shape index (κ3) is 4.23. The van der Waals surface area contributed by atoms with Crippen LogP contribution in [0.15, 0.2) is 47.3 Å². The van der Waals surface area contributed by atoms with E-state index >= 15 is 0 Å². The van der Waals surface area contributed by atoms with Gasteiger partial charge in [0.1, 0.15) is 0 Å². The summed E-state index contributed by atoms with van der Waals surface area (Å²) < 4.78 is 5.05. The maximum atomic E-state index is 12.5. The second kappa shape index (κ2) is 7.47. The van der Waals surface area contributed by atoms with E-state index in [0.29, 0.717) is 12.5 Å². The summed E-state index contributed by atoms with van der Waals surface area (Å²) in [6.07, 6.45) is 6.95. The van der Waals surface area contributed by atoms with Crippen LogP contribution in [0.5, 0.6) is 0 Å². The van der Waals surface area contributed by atoms with Gasteiger partial charge in [-0.05, 0) is 62.0 Å². The van der Waals surface area contributed by atoms with Crippen molar-refractivity contribution >= 4 is 5.91 Å². The Morgan fingerprint density at radius 2 is 2.09 bits per heavy atom. The molecule has 1 aromatic heterocycles.